The number of hydrogen-bond acceptors (Lipinski definition) is 6. The molecule has 1 aromatic heterocycles. The molecule has 0 bridgehead atoms. The predicted molar refractivity (Wildman–Crippen MR) is 109 cm³/mol. The molecule has 1 heterocycles. The van der Waals surface area contributed by atoms with E-state index in [1.54, 1.807) is 57.2 Å². The number of aryl methyl sites for hydroxylation is 1. The average Bonchev–Trinajstić information content (AvgIpc) is 3.15. The van der Waals surface area contributed by atoms with Crippen molar-refractivity contribution in [1.29, 1.82) is 0 Å². The van der Waals surface area contributed by atoms with Crippen LogP contribution in [0.25, 0.3) is 22.8 Å². The van der Waals surface area contributed by atoms with Crippen molar-refractivity contribution < 1.29 is 23.2 Å². The number of aromatic nitrogens is 2. The molecule has 1 amide bonds. The Balaban J connectivity index is 1.72. The van der Waals surface area contributed by atoms with Crippen molar-refractivity contribution >= 4 is 18.1 Å². The van der Waals surface area contributed by atoms with Crippen LogP contribution in [0, 0.1) is 5.82 Å². The van der Waals surface area contributed by atoms with Gasteiger partial charge in [-0.1, -0.05) is 11.2 Å². The molecule has 0 saturated carbocycles. The number of nitrogens with zero attached hydrogens (tertiary/aromatic N) is 2. The number of ether oxygens (including phenoxy) is 1. The van der Waals surface area contributed by atoms with E-state index < -0.39 is 17.5 Å². The zero-order valence-electron chi connectivity index (χ0n) is 16.9. The molecule has 0 aliphatic rings. The van der Waals surface area contributed by atoms with E-state index in [1.807, 2.05) is 0 Å². The molecule has 2 aromatic carbocycles. The molecule has 156 valence electrons. The van der Waals surface area contributed by atoms with Crippen LogP contribution >= 0.6 is 0 Å². The van der Waals surface area contributed by atoms with Gasteiger partial charge in [-0.15, -0.1) is 0 Å². The highest BCUT2D eigenvalue weighted by atomic mass is 19.1. The molecule has 1 N–H and O–H groups in total. The van der Waals surface area contributed by atoms with E-state index in [4.69, 9.17) is 9.26 Å². The number of anilines is 1. The lowest BCUT2D eigenvalue weighted by atomic mass is 10.1. The summed E-state index contributed by atoms with van der Waals surface area (Å²) in [7, 11) is 0. The smallest absolute Gasteiger partial charge is 0.412 e. The number of rotatable bonds is 6. The van der Waals surface area contributed by atoms with Gasteiger partial charge in [0.25, 0.3) is 5.89 Å². The molecule has 0 saturated heterocycles. The topological polar surface area (TPSA) is 94.3 Å². The first-order valence-corrected chi connectivity index (χ1v) is 9.42. The van der Waals surface area contributed by atoms with Crippen molar-refractivity contribution in [2.75, 3.05) is 5.32 Å². The molecule has 8 heteroatoms. The Morgan fingerprint density at radius 2 is 1.93 bits per heavy atom. The van der Waals surface area contributed by atoms with E-state index in [0.717, 1.165) is 11.8 Å². The highest BCUT2D eigenvalue weighted by Crippen LogP contribution is 2.26. The highest BCUT2D eigenvalue weighted by Gasteiger charge is 2.17. The lowest BCUT2D eigenvalue weighted by molar-refractivity contribution is -0.107. The second-order valence-electron chi connectivity index (χ2n) is 7.65. The molecule has 0 aliphatic carbocycles. The van der Waals surface area contributed by atoms with Gasteiger partial charge in [0.05, 0.1) is 5.56 Å². The van der Waals surface area contributed by atoms with E-state index in [-0.39, 0.29) is 17.3 Å². The molecule has 0 fully saturated rings. The molecule has 0 spiro atoms. The first-order chi connectivity index (χ1) is 14.2. The SMILES string of the molecule is CC(C)(C)OC(=O)Nc1ccc(-c2nc(-c3ccc(CCC=O)cc3F)no2)cc1. The average molecular weight is 411 g/mol. The van der Waals surface area contributed by atoms with Crippen LogP contribution in [0.4, 0.5) is 14.9 Å². The van der Waals surface area contributed by atoms with Crippen molar-refractivity contribution in [1.82, 2.24) is 10.1 Å². The fraction of sp³-hybridized carbons (Fsp3) is 0.273. The molecular weight excluding hydrogens is 389 g/mol. The normalized spacial score (nSPS) is 11.2. The van der Waals surface area contributed by atoms with Crippen LogP contribution in [-0.2, 0) is 16.0 Å². The third kappa shape index (κ3) is 5.50. The second kappa shape index (κ2) is 8.86. The van der Waals surface area contributed by atoms with Crippen LogP contribution in [0.2, 0.25) is 0 Å². The van der Waals surface area contributed by atoms with Gasteiger partial charge in [0, 0.05) is 17.7 Å². The minimum atomic E-state index is -0.591. The van der Waals surface area contributed by atoms with Gasteiger partial charge in [0.2, 0.25) is 5.82 Å². The van der Waals surface area contributed by atoms with E-state index in [9.17, 15) is 14.0 Å². The molecule has 0 atom stereocenters. The number of halogens is 1. The Morgan fingerprint density at radius 1 is 1.20 bits per heavy atom. The summed E-state index contributed by atoms with van der Waals surface area (Å²) in [5.41, 5.74) is 1.51. The predicted octanol–water partition coefficient (Wildman–Crippen LogP) is 5.02. The Hall–Kier alpha value is -3.55. The molecule has 0 aliphatic heterocycles. The maximum atomic E-state index is 14.4. The number of carbonyl (C=O) groups is 2. The lowest BCUT2D eigenvalue weighted by Gasteiger charge is -2.19. The summed E-state index contributed by atoms with van der Waals surface area (Å²) in [6.07, 6.45) is 1.06. The van der Waals surface area contributed by atoms with Crippen molar-refractivity contribution in [3.63, 3.8) is 0 Å². The molecule has 0 unspecified atom stereocenters. The number of aldehydes is 1. The largest absolute Gasteiger partial charge is 0.444 e. The van der Waals surface area contributed by atoms with Crippen LogP contribution in [0.15, 0.2) is 47.0 Å². The lowest BCUT2D eigenvalue weighted by Crippen LogP contribution is -2.27. The summed E-state index contributed by atoms with van der Waals surface area (Å²) >= 11 is 0. The molecule has 7 nitrogen and oxygen atoms in total. The summed E-state index contributed by atoms with van der Waals surface area (Å²) < 4.78 is 24.9. The zero-order valence-corrected chi connectivity index (χ0v) is 16.9. The Labute approximate surface area is 173 Å². The van der Waals surface area contributed by atoms with Gasteiger partial charge < -0.3 is 14.1 Å². The van der Waals surface area contributed by atoms with Gasteiger partial charge in [-0.05, 0) is 69.2 Å². The third-order valence-electron chi connectivity index (χ3n) is 4.03. The first kappa shape index (κ1) is 21.2. The van der Waals surface area contributed by atoms with Gasteiger partial charge in [0.1, 0.15) is 17.7 Å². The number of nitrogens with one attached hydrogen (secondary N) is 1. The fourth-order valence-corrected chi connectivity index (χ4v) is 2.69. The van der Waals surface area contributed by atoms with Gasteiger partial charge in [0.15, 0.2) is 0 Å². The number of benzene rings is 2. The zero-order chi connectivity index (χ0) is 21.7. The number of amides is 1. The van der Waals surface area contributed by atoms with Gasteiger partial charge in [-0.3, -0.25) is 5.32 Å². The monoisotopic (exact) mass is 411 g/mol. The van der Waals surface area contributed by atoms with E-state index in [0.29, 0.717) is 24.1 Å². The van der Waals surface area contributed by atoms with Crippen LogP contribution < -0.4 is 5.32 Å². The molecular formula is C22H22FN3O4. The Kier molecular flexibility index (Phi) is 6.25. The van der Waals surface area contributed by atoms with Gasteiger partial charge in [-0.25, -0.2) is 9.18 Å². The number of hydrogen-bond donors (Lipinski definition) is 1. The van der Waals surface area contributed by atoms with E-state index in [2.05, 4.69) is 15.5 Å². The summed E-state index contributed by atoms with van der Waals surface area (Å²) in [6, 6.07) is 11.4. The summed E-state index contributed by atoms with van der Waals surface area (Å²) in [5, 5.41) is 6.49. The van der Waals surface area contributed by atoms with Crippen LogP contribution in [-0.4, -0.2) is 28.1 Å². The van der Waals surface area contributed by atoms with Crippen molar-refractivity contribution in [3.8, 4) is 22.8 Å². The second-order valence-corrected chi connectivity index (χ2v) is 7.65. The van der Waals surface area contributed by atoms with Gasteiger partial charge in [-0.2, -0.15) is 4.98 Å². The minimum absolute atomic E-state index is 0.125. The number of carbonyl (C=O) groups excluding carboxylic acids is 2. The maximum absolute atomic E-state index is 14.4. The van der Waals surface area contributed by atoms with E-state index >= 15 is 0 Å². The maximum Gasteiger partial charge on any atom is 0.412 e. The summed E-state index contributed by atoms with van der Waals surface area (Å²) in [4.78, 5) is 26.6. The van der Waals surface area contributed by atoms with Crippen molar-refractivity contribution in [2.45, 2.75) is 39.2 Å². The quantitative estimate of drug-likeness (QED) is 0.572. The minimum Gasteiger partial charge on any atom is -0.444 e. The van der Waals surface area contributed by atoms with Crippen LogP contribution in [0.5, 0.6) is 0 Å². The Morgan fingerprint density at radius 3 is 2.57 bits per heavy atom. The molecule has 0 radical (unpaired) electrons. The van der Waals surface area contributed by atoms with Crippen molar-refractivity contribution in [3.05, 3.63) is 53.8 Å². The van der Waals surface area contributed by atoms with E-state index in [1.165, 1.54) is 6.07 Å². The standard InChI is InChI=1S/C22H22FN3O4/c1-22(2,3)29-21(28)24-16-9-7-15(8-10-16)20-25-19(26-30-20)17-11-6-14(5-4-12-27)13-18(17)23/h6-13H,4-5H2,1-3H3,(H,24,28). The Bertz CT molecular complexity index is 1040. The summed E-state index contributed by atoms with van der Waals surface area (Å²) in [5.74, 6) is -0.138. The van der Waals surface area contributed by atoms with Crippen LogP contribution in [0.1, 0.15) is 32.8 Å². The molecule has 3 rings (SSSR count). The molecule has 3 aromatic rings. The van der Waals surface area contributed by atoms with Gasteiger partial charge >= 0.3 is 6.09 Å². The third-order valence-corrected chi connectivity index (χ3v) is 4.03. The van der Waals surface area contributed by atoms with Crippen molar-refractivity contribution in [2.24, 2.45) is 0 Å². The van der Waals surface area contributed by atoms with Crippen LogP contribution in [0.3, 0.4) is 0 Å². The molecule has 30 heavy (non-hydrogen) atoms. The first-order valence-electron chi connectivity index (χ1n) is 9.42. The summed E-state index contributed by atoms with van der Waals surface area (Å²) in [6.45, 7) is 5.35. The highest BCUT2D eigenvalue weighted by molar-refractivity contribution is 5.85. The fourth-order valence-electron chi connectivity index (χ4n) is 2.69.